The average Bonchev–Trinajstić information content (AvgIpc) is 2.38. The Kier molecular flexibility index (Phi) is 4.76. The summed E-state index contributed by atoms with van der Waals surface area (Å²) in [7, 11) is 0. The van der Waals surface area contributed by atoms with E-state index in [2.05, 4.69) is 17.1 Å². The van der Waals surface area contributed by atoms with Gasteiger partial charge in [-0.1, -0.05) is 25.1 Å². The van der Waals surface area contributed by atoms with E-state index in [4.69, 9.17) is 0 Å². The third-order valence-electron chi connectivity index (χ3n) is 3.45. The first-order valence-electron chi connectivity index (χ1n) is 6.81. The fraction of sp³-hybridized carbons (Fsp3) is 0.533. The van der Waals surface area contributed by atoms with Crippen LogP contribution in [0.4, 0.5) is 5.69 Å². The van der Waals surface area contributed by atoms with Gasteiger partial charge in [0.2, 0.25) is 5.91 Å². The molecule has 0 spiro atoms. The van der Waals surface area contributed by atoms with Crippen molar-refractivity contribution in [1.29, 1.82) is 0 Å². The van der Waals surface area contributed by atoms with Crippen LogP contribution in [0.2, 0.25) is 0 Å². The lowest BCUT2D eigenvalue weighted by Crippen LogP contribution is -2.36. The summed E-state index contributed by atoms with van der Waals surface area (Å²) in [5.74, 6) is 0.885. The third-order valence-corrected chi connectivity index (χ3v) is 3.45. The highest BCUT2D eigenvalue weighted by atomic mass is 16.1. The number of piperidine rings is 1. The molecule has 1 fully saturated rings. The second-order valence-corrected chi connectivity index (χ2v) is 5.21. The van der Waals surface area contributed by atoms with E-state index >= 15 is 0 Å². The lowest BCUT2D eigenvalue weighted by Gasteiger charge is -2.30. The van der Waals surface area contributed by atoms with Crippen molar-refractivity contribution in [2.24, 2.45) is 5.92 Å². The Bertz CT molecular complexity index is 377. The van der Waals surface area contributed by atoms with Crippen LogP contribution in [0.5, 0.6) is 0 Å². The SMILES string of the molecule is C[C@H]1CCCN(CCC(=O)Nc2ccccc2)C1. The quantitative estimate of drug-likeness (QED) is 0.886. The number of anilines is 1. The van der Waals surface area contributed by atoms with Crippen LogP contribution in [0.1, 0.15) is 26.2 Å². The van der Waals surface area contributed by atoms with Gasteiger partial charge in [-0.3, -0.25) is 4.79 Å². The van der Waals surface area contributed by atoms with Crippen LogP contribution in [0.15, 0.2) is 30.3 Å². The number of nitrogens with one attached hydrogen (secondary N) is 1. The van der Waals surface area contributed by atoms with E-state index in [0.29, 0.717) is 6.42 Å². The van der Waals surface area contributed by atoms with Gasteiger partial charge in [0.1, 0.15) is 0 Å². The lowest BCUT2D eigenvalue weighted by atomic mass is 10.0. The summed E-state index contributed by atoms with van der Waals surface area (Å²) in [4.78, 5) is 14.2. The Balaban J connectivity index is 1.71. The fourth-order valence-electron chi connectivity index (χ4n) is 2.49. The molecule has 1 saturated heterocycles. The molecule has 1 heterocycles. The molecule has 1 N–H and O–H groups in total. The fourth-order valence-corrected chi connectivity index (χ4v) is 2.49. The van der Waals surface area contributed by atoms with E-state index in [1.54, 1.807) is 0 Å². The molecule has 98 valence electrons. The minimum atomic E-state index is 0.111. The molecule has 0 radical (unpaired) electrons. The summed E-state index contributed by atoms with van der Waals surface area (Å²) in [6.07, 6.45) is 3.18. The Morgan fingerprint density at radius 2 is 2.17 bits per heavy atom. The predicted octanol–water partition coefficient (Wildman–Crippen LogP) is 2.75. The summed E-state index contributed by atoms with van der Waals surface area (Å²) in [6.45, 7) is 5.45. The molecule has 0 bridgehead atoms. The van der Waals surface area contributed by atoms with Crippen molar-refractivity contribution < 1.29 is 4.79 Å². The molecular weight excluding hydrogens is 224 g/mol. The van der Waals surface area contributed by atoms with Gasteiger partial charge in [0.05, 0.1) is 0 Å². The van der Waals surface area contributed by atoms with Gasteiger partial charge >= 0.3 is 0 Å². The molecule has 3 nitrogen and oxygen atoms in total. The van der Waals surface area contributed by atoms with Crippen molar-refractivity contribution in [3.63, 3.8) is 0 Å². The van der Waals surface area contributed by atoms with E-state index in [0.717, 1.165) is 31.2 Å². The minimum absolute atomic E-state index is 0.111. The molecule has 2 rings (SSSR count). The molecule has 0 aliphatic carbocycles. The zero-order valence-electron chi connectivity index (χ0n) is 11.1. The highest BCUT2D eigenvalue weighted by Crippen LogP contribution is 2.15. The number of hydrogen-bond acceptors (Lipinski definition) is 2. The van der Waals surface area contributed by atoms with Crippen molar-refractivity contribution in [1.82, 2.24) is 4.90 Å². The number of rotatable bonds is 4. The van der Waals surface area contributed by atoms with Gasteiger partial charge in [0, 0.05) is 25.2 Å². The van der Waals surface area contributed by atoms with Gasteiger partial charge in [0.25, 0.3) is 0 Å². The highest BCUT2D eigenvalue weighted by molar-refractivity contribution is 5.90. The zero-order valence-corrected chi connectivity index (χ0v) is 11.1. The topological polar surface area (TPSA) is 32.3 Å². The van der Waals surface area contributed by atoms with Gasteiger partial charge in [-0.2, -0.15) is 0 Å². The largest absolute Gasteiger partial charge is 0.326 e. The van der Waals surface area contributed by atoms with Gasteiger partial charge < -0.3 is 10.2 Å². The summed E-state index contributed by atoms with van der Waals surface area (Å²) in [5, 5.41) is 2.93. The number of amides is 1. The van der Waals surface area contributed by atoms with Crippen LogP contribution >= 0.6 is 0 Å². The maximum atomic E-state index is 11.8. The Morgan fingerprint density at radius 3 is 2.89 bits per heavy atom. The highest BCUT2D eigenvalue weighted by Gasteiger charge is 2.16. The molecule has 0 unspecified atom stereocenters. The number of nitrogens with zero attached hydrogens (tertiary/aromatic N) is 1. The Labute approximate surface area is 109 Å². The van der Waals surface area contributed by atoms with Gasteiger partial charge in [-0.05, 0) is 37.4 Å². The van der Waals surface area contributed by atoms with Crippen LogP contribution in [0, 0.1) is 5.92 Å². The molecule has 1 aromatic carbocycles. The summed E-state index contributed by atoms with van der Waals surface area (Å²) in [5.41, 5.74) is 0.884. The standard InChI is InChI=1S/C15H22N2O/c1-13-6-5-10-17(12-13)11-9-15(18)16-14-7-3-2-4-8-14/h2-4,7-8,13H,5-6,9-12H2,1H3,(H,16,18)/t13-/m0/s1. The van der Waals surface area contributed by atoms with E-state index < -0.39 is 0 Å². The first kappa shape index (κ1) is 13.1. The van der Waals surface area contributed by atoms with Crippen molar-refractivity contribution in [3.8, 4) is 0 Å². The number of hydrogen-bond donors (Lipinski definition) is 1. The maximum absolute atomic E-state index is 11.8. The van der Waals surface area contributed by atoms with Crippen LogP contribution < -0.4 is 5.32 Å². The molecule has 1 aliphatic heterocycles. The number of para-hydroxylation sites is 1. The van der Waals surface area contributed by atoms with E-state index in [9.17, 15) is 4.79 Å². The first-order chi connectivity index (χ1) is 8.74. The Morgan fingerprint density at radius 1 is 1.39 bits per heavy atom. The number of carbonyl (C=O) groups excluding carboxylic acids is 1. The predicted molar refractivity (Wildman–Crippen MR) is 74.5 cm³/mol. The molecular formula is C15H22N2O. The molecule has 18 heavy (non-hydrogen) atoms. The monoisotopic (exact) mass is 246 g/mol. The molecule has 1 aromatic rings. The molecule has 0 aromatic heterocycles. The number of carbonyl (C=O) groups is 1. The van der Waals surface area contributed by atoms with Crippen molar-refractivity contribution >= 4 is 11.6 Å². The average molecular weight is 246 g/mol. The summed E-state index contributed by atoms with van der Waals surface area (Å²) < 4.78 is 0. The minimum Gasteiger partial charge on any atom is -0.326 e. The molecule has 1 atom stereocenters. The van der Waals surface area contributed by atoms with E-state index in [1.807, 2.05) is 30.3 Å². The first-order valence-corrected chi connectivity index (χ1v) is 6.81. The van der Waals surface area contributed by atoms with Crippen molar-refractivity contribution in [2.45, 2.75) is 26.2 Å². The Hall–Kier alpha value is -1.35. The molecule has 1 aliphatic rings. The van der Waals surface area contributed by atoms with E-state index in [1.165, 1.54) is 12.8 Å². The second-order valence-electron chi connectivity index (χ2n) is 5.21. The maximum Gasteiger partial charge on any atom is 0.225 e. The molecule has 3 heteroatoms. The normalized spacial score (nSPS) is 20.6. The van der Waals surface area contributed by atoms with Crippen LogP contribution in [0.3, 0.4) is 0 Å². The van der Waals surface area contributed by atoms with Crippen LogP contribution in [0.25, 0.3) is 0 Å². The number of benzene rings is 1. The van der Waals surface area contributed by atoms with Gasteiger partial charge in [-0.25, -0.2) is 0 Å². The lowest BCUT2D eigenvalue weighted by molar-refractivity contribution is -0.116. The van der Waals surface area contributed by atoms with Crippen molar-refractivity contribution in [3.05, 3.63) is 30.3 Å². The smallest absolute Gasteiger partial charge is 0.225 e. The molecule has 1 amide bonds. The second kappa shape index (κ2) is 6.55. The summed E-state index contributed by atoms with van der Waals surface area (Å²) >= 11 is 0. The van der Waals surface area contributed by atoms with Crippen LogP contribution in [-0.4, -0.2) is 30.4 Å². The van der Waals surface area contributed by atoms with Gasteiger partial charge in [-0.15, -0.1) is 0 Å². The van der Waals surface area contributed by atoms with Crippen molar-refractivity contribution in [2.75, 3.05) is 25.0 Å². The zero-order chi connectivity index (χ0) is 12.8. The van der Waals surface area contributed by atoms with E-state index in [-0.39, 0.29) is 5.91 Å². The number of likely N-dealkylation sites (tertiary alicyclic amines) is 1. The summed E-state index contributed by atoms with van der Waals surface area (Å²) in [6, 6.07) is 9.65. The molecule has 0 saturated carbocycles. The van der Waals surface area contributed by atoms with Crippen LogP contribution in [-0.2, 0) is 4.79 Å². The van der Waals surface area contributed by atoms with Gasteiger partial charge in [0.15, 0.2) is 0 Å². The third kappa shape index (κ3) is 4.15.